The molecule has 2 aromatic rings. The molecule has 0 aliphatic carbocycles. The van der Waals surface area contributed by atoms with Crippen LogP contribution >= 0.6 is 11.8 Å². The van der Waals surface area contributed by atoms with Crippen LogP contribution in [0.4, 0.5) is 0 Å². The molecule has 1 aliphatic rings. The molecule has 0 saturated carbocycles. The molecule has 0 saturated heterocycles. The van der Waals surface area contributed by atoms with Gasteiger partial charge in [0.1, 0.15) is 0 Å². The van der Waals surface area contributed by atoms with E-state index in [1.54, 1.807) is 13.3 Å². The molecular weight excluding hydrogens is 282 g/mol. The lowest BCUT2D eigenvalue weighted by Crippen LogP contribution is -2.24. The van der Waals surface area contributed by atoms with Gasteiger partial charge in [-0.3, -0.25) is 4.68 Å². The Balaban J connectivity index is 2.00. The van der Waals surface area contributed by atoms with Gasteiger partial charge in [0.05, 0.1) is 25.0 Å². The molecule has 1 aliphatic heterocycles. The molecule has 21 heavy (non-hydrogen) atoms. The fourth-order valence-corrected chi connectivity index (χ4v) is 4.22. The zero-order valence-electron chi connectivity index (χ0n) is 12.6. The number of fused-ring (bicyclic) bond motifs is 1. The molecule has 2 N–H and O–H groups in total. The van der Waals surface area contributed by atoms with Crippen LogP contribution in [0.2, 0.25) is 0 Å². The Hall–Kier alpha value is -1.46. The summed E-state index contributed by atoms with van der Waals surface area (Å²) in [5, 5.41) is 4.44. The topological polar surface area (TPSA) is 53.1 Å². The summed E-state index contributed by atoms with van der Waals surface area (Å²) in [4.78, 5) is 1.34. The van der Waals surface area contributed by atoms with Gasteiger partial charge >= 0.3 is 0 Å². The molecule has 4 nitrogen and oxygen atoms in total. The minimum Gasteiger partial charge on any atom is -0.493 e. The number of benzene rings is 1. The number of thioether (sulfide) groups is 1. The van der Waals surface area contributed by atoms with E-state index < -0.39 is 0 Å². The fourth-order valence-electron chi connectivity index (χ4n) is 2.92. The molecular formula is C16H21N3OS. The molecule has 0 spiro atoms. The van der Waals surface area contributed by atoms with Crippen molar-refractivity contribution in [3.63, 3.8) is 0 Å². The maximum Gasteiger partial charge on any atom is 0.161 e. The van der Waals surface area contributed by atoms with Gasteiger partial charge in [-0.15, -0.1) is 11.8 Å². The molecule has 2 atom stereocenters. The van der Waals surface area contributed by atoms with Gasteiger partial charge in [-0.2, -0.15) is 5.10 Å². The van der Waals surface area contributed by atoms with Crippen LogP contribution in [0.1, 0.15) is 43.1 Å². The first-order valence-electron chi connectivity index (χ1n) is 7.22. The Kier molecular flexibility index (Phi) is 3.95. The lowest BCUT2D eigenvalue weighted by molar-refractivity contribution is 0.390. The van der Waals surface area contributed by atoms with Gasteiger partial charge in [0, 0.05) is 22.6 Å². The minimum absolute atomic E-state index is 0.110. The first-order valence-corrected chi connectivity index (χ1v) is 8.20. The fraction of sp³-hybridized carbons (Fsp3) is 0.438. The summed E-state index contributed by atoms with van der Waals surface area (Å²) in [5.41, 5.74) is 8.96. The Morgan fingerprint density at radius 1 is 1.38 bits per heavy atom. The van der Waals surface area contributed by atoms with Crippen molar-refractivity contribution in [2.24, 2.45) is 5.73 Å². The third kappa shape index (κ3) is 2.45. The summed E-state index contributed by atoms with van der Waals surface area (Å²) < 4.78 is 7.46. The standard InChI is InChI=1S/C16H21N3OS/c1-10(2)19-16(13(20-3)8-18-19)15(17)12-9-21-14-7-5-4-6-11(12)14/h4-8,10,12,15H,9,17H2,1-3H3. The minimum atomic E-state index is -0.110. The summed E-state index contributed by atoms with van der Waals surface area (Å²) in [6.45, 7) is 4.22. The van der Waals surface area contributed by atoms with Gasteiger partial charge in [-0.1, -0.05) is 18.2 Å². The van der Waals surface area contributed by atoms with Crippen LogP contribution < -0.4 is 10.5 Å². The lowest BCUT2D eigenvalue weighted by atomic mass is 9.91. The second-order valence-electron chi connectivity index (χ2n) is 5.62. The van der Waals surface area contributed by atoms with Gasteiger partial charge in [-0.25, -0.2) is 0 Å². The van der Waals surface area contributed by atoms with E-state index in [1.165, 1.54) is 10.5 Å². The lowest BCUT2D eigenvalue weighted by Gasteiger charge is -2.23. The van der Waals surface area contributed by atoms with Crippen LogP contribution in [-0.4, -0.2) is 22.6 Å². The van der Waals surface area contributed by atoms with E-state index in [9.17, 15) is 0 Å². The first kappa shape index (κ1) is 14.5. The van der Waals surface area contributed by atoms with Crippen molar-refractivity contribution in [2.45, 2.75) is 36.7 Å². The summed E-state index contributed by atoms with van der Waals surface area (Å²) in [5.74, 6) is 2.09. The molecule has 0 fully saturated rings. The predicted molar refractivity (Wildman–Crippen MR) is 86.0 cm³/mol. The maximum absolute atomic E-state index is 6.62. The van der Waals surface area contributed by atoms with E-state index in [0.717, 1.165) is 17.2 Å². The third-order valence-corrected chi connectivity index (χ3v) is 5.20. The number of rotatable bonds is 4. The molecule has 0 amide bonds. The highest BCUT2D eigenvalue weighted by Gasteiger charge is 2.33. The zero-order valence-corrected chi connectivity index (χ0v) is 13.4. The molecule has 0 bridgehead atoms. The van der Waals surface area contributed by atoms with Crippen molar-refractivity contribution >= 4 is 11.8 Å². The van der Waals surface area contributed by atoms with Crippen molar-refractivity contribution < 1.29 is 4.74 Å². The summed E-state index contributed by atoms with van der Waals surface area (Å²) in [7, 11) is 1.68. The van der Waals surface area contributed by atoms with Crippen LogP contribution in [0.15, 0.2) is 35.4 Å². The van der Waals surface area contributed by atoms with Crippen LogP contribution in [-0.2, 0) is 0 Å². The average molecular weight is 303 g/mol. The maximum atomic E-state index is 6.62. The largest absolute Gasteiger partial charge is 0.493 e. The third-order valence-electron chi connectivity index (χ3n) is 3.99. The molecule has 1 aromatic carbocycles. The number of hydrogen-bond acceptors (Lipinski definition) is 4. The number of aromatic nitrogens is 2. The average Bonchev–Trinajstić information content (AvgIpc) is 3.10. The van der Waals surface area contributed by atoms with Gasteiger partial charge < -0.3 is 10.5 Å². The summed E-state index contributed by atoms with van der Waals surface area (Å²) in [6, 6.07) is 8.67. The highest BCUT2D eigenvalue weighted by atomic mass is 32.2. The zero-order chi connectivity index (χ0) is 15.0. The second-order valence-corrected chi connectivity index (χ2v) is 6.68. The van der Waals surface area contributed by atoms with Crippen molar-refractivity contribution in [3.8, 4) is 5.75 Å². The Morgan fingerprint density at radius 3 is 2.86 bits per heavy atom. The molecule has 5 heteroatoms. The van der Waals surface area contributed by atoms with Crippen LogP contribution in [0, 0.1) is 0 Å². The Bertz CT molecular complexity index is 638. The second kappa shape index (κ2) is 5.73. The van der Waals surface area contributed by atoms with E-state index in [1.807, 2.05) is 16.4 Å². The Morgan fingerprint density at radius 2 is 2.14 bits per heavy atom. The molecule has 2 heterocycles. The molecule has 112 valence electrons. The SMILES string of the molecule is COc1cnn(C(C)C)c1C(N)C1CSc2ccccc21. The number of methoxy groups -OCH3 is 1. The van der Waals surface area contributed by atoms with Crippen molar-refractivity contribution in [1.82, 2.24) is 9.78 Å². The number of nitrogens with zero attached hydrogens (tertiary/aromatic N) is 2. The first-order chi connectivity index (χ1) is 10.1. The molecule has 2 unspecified atom stereocenters. The monoisotopic (exact) mass is 303 g/mol. The number of nitrogens with two attached hydrogens (primary N) is 1. The van der Waals surface area contributed by atoms with Crippen molar-refractivity contribution in [2.75, 3.05) is 12.9 Å². The van der Waals surface area contributed by atoms with E-state index in [2.05, 4.69) is 43.2 Å². The van der Waals surface area contributed by atoms with E-state index in [0.29, 0.717) is 5.92 Å². The smallest absolute Gasteiger partial charge is 0.161 e. The quantitative estimate of drug-likeness (QED) is 0.941. The molecule has 0 radical (unpaired) electrons. The van der Waals surface area contributed by atoms with E-state index in [-0.39, 0.29) is 12.1 Å². The number of hydrogen-bond donors (Lipinski definition) is 1. The number of ether oxygens (including phenoxy) is 1. The van der Waals surface area contributed by atoms with Gasteiger partial charge in [-0.05, 0) is 25.5 Å². The highest BCUT2D eigenvalue weighted by Crippen LogP contribution is 2.46. The van der Waals surface area contributed by atoms with Crippen LogP contribution in [0.25, 0.3) is 0 Å². The normalized spacial score (nSPS) is 18.8. The highest BCUT2D eigenvalue weighted by molar-refractivity contribution is 7.99. The van der Waals surface area contributed by atoms with Crippen LogP contribution in [0.3, 0.4) is 0 Å². The van der Waals surface area contributed by atoms with Gasteiger partial charge in [0.25, 0.3) is 0 Å². The van der Waals surface area contributed by atoms with E-state index >= 15 is 0 Å². The molecule has 1 aromatic heterocycles. The van der Waals surface area contributed by atoms with Crippen molar-refractivity contribution in [3.05, 3.63) is 41.7 Å². The van der Waals surface area contributed by atoms with E-state index in [4.69, 9.17) is 10.5 Å². The van der Waals surface area contributed by atoms with Gasteiger partial charge in [0.15, 0.2) is 5.75 Å². The summed E-state index contributed by atoms with van der Waals surface area (Å²) >= 11 is 1.88. The van der Waals surface area contributed by atoms with Crippen molar-refractivity contribution in [1.29, 1.82) is 0 Å². The molecule has 3 rings (SSSR count). The predicted octanol–water partition coefficient (Wildman–Crippen LogP) is 3.36. The Labute approximate surface area is 129 Å². The van der Waals surface area contributed by atoms with Crippen LogP contribution in [0.5, 0.6) is 5.75 Å². The van der Waals surface area contributed by atoms with Gasteiger partial charge in [0.2, 0.25) is 0 Å². The summed E-state index contributed by atoms with van der Waals surface area (Å²) in [6.07, 6.45) is 1.77.